The quantitative estimate of drug-likeness (QED) is 0.291. The van der Waals surface area contributed by atoms with Gasteiger partial charge in [0.25, 0.3) is 0 Å². The molecule has 4 aromatic heterocycles. The van der Waals surface area contributed by atoms with Crippen molar-refractivity contribution in [3.8, 4) is 11.5 Å². The molecule has 0 radical (unpaired) electrons. The third-order valence-electron chi connectivity index (χ3n) is 5.62. The summed E-state index contributed by atoms with van der Waals surface area (Å²) in [6.45, 7) is 7.21. The van der Waals surface area contributed by atoms with Crippen molar-refractivity contribution < 1.29 is 19.7 Å². The van der Waals surface area contributed by atoms with Gasteiger partial charge in [0, 0.05) is 36.9 Å². The van der Waals surface area contributed by atoms with Gasteiger partial charge in [-0.1, -0.05) is 0 Å². The van der Waals surface area contributed by atoms with Gasteiger partial charge in [-0.15, -0.1) is 0 Å². The SMILES string of the molecule is COc1cc2nc(CCC(C)(C)O)cn2cc1Br.COc1cc2nc(CCC(C)(C)O)cn2cc1N. The molecule has 0 fully saturated rings. The average Bonchev–Trinajstić information content (AvgIpc) is 3.37. The van der Waals surface area contributed by atoms with E-state index in [1.807, 2.05) is 53.4 Å². The fourth-order valence-corrected chi connectivity index (χ4v) is 4.07. The van der Waals surface area contributed by atoms with Gasteiger partial charge in [-0.3, -0.25) is 0 Å². The van der Waals surface area contributed by atoms with Crippen LogP contribution >= 0.6 is 15.9 Å². The smallest absolute Gasteiger partial charge is 0.146 e. The topological polar surface area (TPSA) is 120 Å². The number of pyridine rings is 2. The van der Waals surface area contributed by atoms with Crippen LogP contribution in [-0.4, -0.2) is 54.4 Å². The standard InChI is InChI=1S/C13H17BrN2O2.C13H19N3O2/c2*1-13(2,17)5-4-9-7-16-8-10(14)11(18-3)6-12(16)15-9/h6-8,17H,4-5H2,1-3H3;6-8,17H,4-5,14H2,1-3H3. The number of hydrogen-bond acceptors (Lipinski definition) is 7. The lowest BCUT2D eigenvalue weighted by atomic mass is 10.0. The van der Waals surface area contributed by atoms with Crippen LogP contribution in [0.4, 0.5) is 5.69 Å². The molecule has 9 nitrogen and oxygen atoms in total. The van der Waals surface area contributed by atoms with Gasteiger partial charge in [0.15, 0.2) is 0 Å². The van der Waals surface area contributed by atoms with Gasteiger partial charge in [-0.25, -0.2) is 9.97 Å². The first kappa shape index (κ1) is 27.8. The summed E-state index contributed by atoms with van der Waals surface area (Å²) in [7, 11) is 3.22. The fraction of sp³-hybridized carbons (Fsp3) is 0.462. The lowest BCUT2D eigenvalue weighted by Gasteiger charge is -2.15. The summed E-state index contributed by atoms with van der Waals surface area (Å²) in [5.41, 5.74) is 8.63. The van der Waals surface area contributed by atoms with E-state index in [1.165, 1.54) is 0 Å². The maximum Gasteiger partial charge on any atom is 0.146 e. The van der Waals surface area contributed by atoms with Gasteiger partial charge in [-0.2, -0.15) is 0 Å². The van der Waals surface area contributed by atoms with Crippen molar-refractivity contribution in [1.82, 2.24) is 18.8 Å². The minimum absolute atomic E-state index is 0.580. The highest BCUT2D eigenvalue weighted by molar-refractivity contribution is 9.10. The number of anilines is 1. The van der Waals surface area contributed by atoms with E-state index >= 15 is 0 Å². The number of aromatic nitrogens is 4. The molecule has 4 heterocycles. The lowest BCUT2D eigenvalue weighted by Crippen LogP contribution is -2.19. The highest BCUT2D eigenvalue weighted by Gasteiger charge is 2.15. The Morgan fingerprint density at radius 3 is 1.69 bits per heavy atom. The van der Waals surface area contributed by atoms with Crippen molar-refractivity contribution in [2.45, 2.75) is 64.6 Å². The second kappa shape index (κ2) is 11.1. The molecule has 0 aliphatic rings. The van der Waals surface area contributed by atoms with Crippen molar-refractivity contribution in [3.63, 3.8) is 0 Å². The molecule has 0 saturated carbocycles. The zero-order valence-corrected chi connectivity index (χ0v) is 23.3. The van der Waals surface area contributed by atoms with E-state index in [0.717, 1.165) is 45.7 Å². The molecule has 0 aliphatic heterocycles. The lowest BCUT2D eigenvalue weighted by molar-refractivity contribution is 0.0705. The normalized spacial score (nSPS) is 12.0. The molecule has 36 heavy (non-hydrogen) atoms. The molecular formula is C26H36BrN5O4. The number of aryl methyl sites for hydroxylation is 2. The first-order valence-electron chi connectivity index (χ1n) is 11.7. The number of methoxy groups -OCH3 is 2. The van der Waals surface area contributed by atoms with Crippen molar-refractivity contribution in [3.05, 3.63) is 52.8 Å². The Balaban J connectivity index is 0.000000201. The third-order valence-corrected chi connectivity index (χ3v) is 6.21. The molecule has 0 bridgehead atoms. The van der Waals surface area contributed by atoms with Crippen molar-refractivity contribution in [2.24, 2.45) is 0 Å². The van der Waals surface area contributed by atoms with Crippen molar-refractivity contribution >= 4 is 32.9 Å². The Hall–Kier alpha value is -2.82. The molecule has 0 saturated heterocycles. The minimum Gasteiger partial charge on any atom is -0.495 e. The van der Waals surface area contributed by atoms with Gasteiger partial charge in [0.2, 0.25) is 0 Å². The molecule has 0 atom stereocenters. The fourth-order valence-electron chi connectivity index (χ4n) is 3.57. The third kappa shape index (κ3) is 7.59. The minimum atomic E-state index is -0.674. The number of ether oxygens (including phenoxy) is 2. The Morgan fingerprint density at radius 1 is 0.806 bits per heavy atom. The molecule has 196 valence electrons. The molecule has 4 N–H and O–H groups in total. The second-order valence-corrected chi connectivity index (χ2v) is 11.0. The predicted octanol–water partition coefficient (Wildman–Crippen LogP) is 4.44. The van der Waals surface area contributed by atoms with Crippen LogP contribution in [0.25, 0.3) is 11.3 Å². The highest BCUT2D eigenvalue weighted by Crippen LogP contribution is 2.26. The first-order valence-corrected chi connectivity index (χ1v) is 12.5. The van der Waals surface area contributed by atoms with Crippen LogP contribution in [0, 0.1) is 0 Å². The number of nitrogens with zero attached hydrogens (tertiary/aromatic N) is 4. The summed E-state index contributed by atoms with van der Waals surface area (Å²) in [6.07, 6.45) is 10.5. The first-order chi connectivity index (χ1) is 16.8. The van der Waals surface area contributed by atoms with Gasteiger partial charge in [-0.05, 0) is 69.3 Å². The van der Waals surface area contributed by atoms with E-state index in [-0.39, 0.29) is 0 Å². The Kier molecular flexibility index (Phi) is 8.53. The summed E-state index contributed by atoms with van der Waals surface area (Å²) in [6, 6.07) is 3.70. The number of halogens is 1. The highest BCUT2D eigenvalue weighted by atomic mass is 79.9. The Morgan fingerprint density at radius 2 is 1.25 bits per heavy atom. The summed E-state index contributed by atoms with van der Waals surface area (Å²) < 4.78 is 15.1. The van der Waals surface area contributed by atoms with Crippen molar-refractivity contribution in [2.75, 3.05) is 20.0 Å². The van der Waals surface area contributed by atoms with Crippen LogP contribution in [0.15, 0.2) is 41.4 Å². The van der Waals surface area contributed by atoms with Crippen LogP contribution in [0.1, 0.15) is 51.9 Å². The zero-order valence-electron chi connectivity index (χ0n) is 21.7. The Bertz CT molecular complexity index is 1220. The van der Waals surface area contributed by atoms with Crippen LogP contribution < -0.4 is 15.2 Å². The van der Waals surface area contributed by atoms with Gasteiger partial charge in [0.05, 0.1) is 47.0 Å². The van der Waals surface area contributed by atoms with E-state index in [2.05, 4.69) is 25.9 Å². The number of nitrogen functional groups attached to an aromatic ring is 1. The van der Waals surface area contributed by atoms with Crippen molar-refractivity contribution in [1.29, 1.82) is 0 Å². The van der Waals surface area contributed by atoms with Crippen LogP contribution in [0.5, 0.6) is 11.5 Å². The summed E-state index contributed by atoms with van der Waals surface area (Å²) >= 11 is 3.44. The zero-order chi connectivity index (χ0) is 26.7. The van der Waals surface area contributed by atoms with Gasteiger partial charge < -0.3 is 34.2 Å². The number of nitrogens with two attached hydrogens (primary N) is 1. The number of imidazole rings is 2. The van der Waals surface area contributed by atoms with Crippen LogP contribution in [-0.2, 0) is 12.8 Å². The number of fused-ring (bicyclic) bond motifs is 2. The van der Waals surface area contributed by atoms with E-state index in [1.54, 1.807) is 34.3 Å². The molecule has 4 aromatic rings. The Labute approximate surface area is 220 Å². The van der Waals surface area contributed by atoms with Crippen LogP contribution in [0.2, 0.25) is 0 Å². The van der Waals surface area contributed by atoms with E-state index in [4.69, 9.17) is 15.2 Å². The molecule has 0 amide bonds. The number of hydrogen-bond donors (Lipinski definition) is 3. The van der Waals surface area contributed by atoms with E-state index in [9.17, 15) is 10.2 Å². The van der Waals surface area contributed by atoms with Gasteiger partial charge in [0.1, 0.15) is 22.8 Å². The molecular weight excluding hydrogens is 526 g/mol. The molecule has 4 rings (SSSR count). The maximum absolute atomic E-state index is 9.72. The summed E-state index contributed by atoms with van der Waals surface area (Å²) in [5.74, 6) is 1.39. The number of rotatable bonds is 8. The molecule has 0 spiro atoms. The summed E-state index contributed by atoms with van der Waals surface area (Å²) in [5, 5.41) is 19.4. The van der Waals surface area contributed by atoms with E-state index < -0.39 is 11.2 Å². The predicted molar refractivity (Wildman–Crippen MR) is 145 cm³/mol. The molecule has 0 aliphatic carbocycles. The van der Waals surface area contributed by atoms with Crippen LogP contribution in [0.3, 0.4) is 0 Å². The van der Waals surface area contributed by atoms with E-state index in [0.29, 0.717) is 24.3 Å². The average molecular weight is 563 g/mol. The largest absolute Gasteiger partial charge is 0.495 e. The molecule has 10 heteroatoms. The molecule has 0 unspecified atom stereocenters. The maximum atomic E-state index is 9.72. The number of aliphatic hydroxyl groups is 2. The molecule has 0 aromatic carbocycles. The second-order valence-electron chi connectivity index (χ2n) is 10.1. The van der Waals surface area contributed by atoms with Gasteiger partial charge >= 0.3 is 0 Å². The summed E-state index contributed by atoms with van der Waals surface area (Å²) in [4.78, 5) is 9.00. The monoisotopic (exact) mass is 561 g/mol.